The number of hydrogen-bond acceptors (Lipinski definition) is 1. The van der Waals surface area contributed by atoms with Crippen molar-refractivity contribution in [2.45, 2.75) is 38.6 Å². The summed E-state index contributed by atoms with van der Waals surface area (Å²) >= 11 is 0. The third-order valence-electron chi connectivity index (χ3n) is 3.91. The van der Waals surface area contributed by atoms with Gasteiger partial charge in [-0.3, -0.25) is 0 Å². The molecule has 0 radical (unpaired) electrons. The summed E-state index contributed by atoms with van der Waals surface area (Å²) in [6.07, 6.45) is 4.68. The summed E-state index contributed by atoms with van der Waals surface area (Å²) in [5.41, 5.74) is 5.69. The molecule has 0 fully saturated rings. The normalized spacial score (nSPS) is 14.4. The number of hydrogen-bond donors (Lipinski definition) is 1. The van der Waals surface area contributed by atoms with E-state index in [0.29, 0.717) is 6.04 Å². The first kappa shape index (κ1) is 12.3. The maximum atomic E-state index is 3.66. The molecule has 1 N–H and O–H groups in total. The van der Waals surface area contributed by atoms with Crippen molar-refractivity contribution in [2.75, 3.05) is 5.32 Å². The van der Waals surface area contributed by atoms with Crippen LogP contribution >= 0.6 is 0 Å². The van der Waals surface area contributed by atoms with Gasteiger partial charge >= 0.3 is 0 Å². The molecule has 0 unspecified atom stereocenters. The van der Waals surface area contributed by atoms with E-state index in [1.165, 1.54) is 35.2 Å². The Kier molecular flexibility index (Phi) is 3.54. The van der Waals surface area contributed by atoms with Gasteiger partial charge in [-0.1, -0.05) is 49.7 Å². The van der Waals surface area contributed by atoms with E-state index in [1.54, 1.807) is 0 Å². The molecule has 2 aromatic carbocycles. The van der Waals surface area contributed by atoms with Gasteiger partial charge in [-0.2, -0.15) is 0 Å². The van der Waals surface area contributed by atoms with Crippen LogP contribution in [0, 0.1) is 0 Å². The van der Waals surface area contributed by atoms with Gasteiger partial charge in [0.25, 0.3) is 0 Å². The van der Waals surface area contributed by atoms with Gasteiger partial charge < -0.3 is 5.32 Å². The average Bonchev–Trinajstić information content (AvgIpc) is 2.83. The second kappa shape index (κ2) is 5.48. The Labute approximate surface area is 115 Å². The van der Waals surface area contributed by atoms with Crippen molar-refractivity contribution in [3.8, 4) is 0 Å². The molecule has 1 nitrogen and oxygen atoms in total. The second-order valence-corrected chi connectivity index (χ2v) is 5.47. The van der Waals surface area contributed by atoms with Gasteiger partial charge in [0.05, 0.1) is 0 Å². The van der Waals surface area contributed by atoms with Gasteiger partial charge in [-0.15, -0.1) is 0 Å². The van der Waals surface area contributed by atoms with E-state index in [4.69, 9.17) is 0 Å². The molecule has 19 heavy (non-hydrogen) atoms. The molecule has 0 atom stereocenters. The molecule has 0 bridgehead atoms. The van der Waals surface area contributed by atoms with Crippen LogP contribution in [-0.2, 0) is 19.3 Å². The predicted molar refractivity (Wildman–Crippen MR) is 81.7 cm³/mol. The molecule has 0 aliphatic heterocycles. The van der Waals surface area contributed by atoms with Crippen molar-refractivity contribution in [3.63, 3.8) is 0 Å². The van der Waals surface area contributed by atoms with Crippen LogP contribution in [0.15, 0.2) is 48.5 Å². The largest absolute Gasteiger partial charge is 0.382 e. The van der Waals surface area contributed by atoms with Crippen LogP contribution in [-0.4, -0.2) is 6.04 Å². The first-order chi connectivity index (χ1) is 9.35. The molecule has 1 aliphatic carbocycles. The minimum Gasteiger partial charge on any atom is -0.382 e. The molecule has 98 valence electrons. The van der Waals surface area contributed by atoms with Crippen LogP contribution in [0.2, 0.25) is 0 Å². The highest BCUT2D eigenvalue weighted by Crippen LogP contribution is 2.24. The smallest absolute Gasteiger partial charge is 0.0342 e. The fraction of sp³-hybridized carbons (Fsp3) is 0.333. The van der Waals surface area contributed by atoms with Crippen LogP contribution in [0.5, 0.6) is 0 Å². The van der Waals surface area contributed by atoms with E-state index in [2.05, 4.69) is 60.8 Å². The number of anilines is 1. The van der Waals surface area contributed by atoms with Gasteiger partial charge in [-0.05, 0) is 48.1 Å². The summed E-state index contributed by atoms with van der Waals surface area (Å²) in [5.74, 6) is 0. The van der Waals surface area contributed by atoms with E-state index in [-0.39, 0.29) is 0 Å². The lowest BCUT2D eigenvalue weighted by atomic mass is 10.1. The van der Waals surface area contributed by atoms with Crippen molar-refractivity contribution in [1.82, 2.24) is 0 Å². The van der Waals surface area contributed by atoms with Crippen molar-refractivity contribution >= 4 is 5.69 Å². The summed E-state index contributed by atoms with van der Waals surface area (Å²) in [6, 6.07) is 18.3. The Morgan fingerprint density at radius 3 is 2.16 bits per heavy atom. The average molecular weight is 251 g/mol. The number of nitrogens with one attached hydrogen (secondary N) is 1. The van der Waals surface area contributed by atoms with Crippen LogP contribution in [0.1, 0.15) is 30.0 Å². The summed E-state index contributed by atoms with van der Waals surface area (Å²) in [5, 5.41) is 3.66. The lowest BCUT2D eigenvalue weighted by Crippen LogP contribution is -2.19. The van der Waals surface area contributed by atoms with E-state index < -0.39 is 0 Å². The third kappa shape index (κ3) is 2.81. The lowest BCUT2D eigenvalue weighted by molar-refractivity contribution is 0.774. The quantitative estimate of drug-likeness (QED) is 0.858. The van der Waals surface area contributed by atoms with Crippen LogP contribution < -0.4 is 5.32 Å². The molecular weight excluding hydrogens is 230 g/mol. The van der Waals surface area contributed by atoms with Gasteiger partial charge in [0.1, 0.15) is 0 Å². The van der Waals surface area contributed by atoms with Crippen LogP contribution in [0.3, 0.4) is 0 Å². The van der Waals surface area contributed by atoms with E-state index >= 15 is 0 Å². The Morgan fingerprint density at radius 1 is 0.947 bits per heavy atom. The van der Waals surface area contributed by atoms with Crippen molar-refractivity contribution in [1.29, 1.82) is 0 Å². The fourth-order valence-corrected chi connectivity index (χ4v) is 2.95. The standard InChI is InChI=1S/C18H21N/c1-2-5-14-8-10-17(11-9-14)19-18-12-15-6-3-4-7-16(15)13-18/h3-4,6-11,18-19H,2,5,12-13H2,1H3. The highest BCUT2D eigenvalue weighted by atomic mass is 14.9. The summed E-state index contributed by atoms with van der Waals surface area (Å²) in [6.45, 7) is 2.22. The molecule has 0 heterocycles. The number of aryl methyl sites for hydroxylation is 1. The Balaban J connectivity index is 1.64. The zero-order valence-corrected chi connectivity index (χ0v) is 11.5. The van der Waals surface area contributed by atoms with Crippen LogP contribution in [0.4, 0.5) is 5.69 Å². The van der Waals surface area contributed by atoms with Crippen molar-refractivity contribution in [2.24, 2.45) is 0 Å². The molecule has 0 spiro atoms. The van der Waals surface area contributed by atoms with Crippen molar-refractivity contribution in [3.05, 3.63) is 65.2 Å². The monoisotopic (exact) mass is 251 g/mol. The number of fused-ring (bicyclic) bond motifs is 1. The van der Waals surface area contributed by atoms with Crippen molar-refractivity contribution < 1.29 is 0 Å². The first-order valence-corrected chi connectivity index (χ1v) is 7.27. The fourth-order valence-electron chi connectivity index (χ4n) is 2.95. The number of rotatable bonds is 4. The van der Waals surface area contributed by atoms with Gasteiger partial charge in [0, 0.05) is 11.7 Å². The molecular formula is C18H21N. The highest BCUT2D eigenvalue weighted by Gasteiger charge is 2.20. The molecule has 1 aliphatic rings. The Hall–Kier alpha value is -1.76. The van der Waals surface area contributed by atoms with E-state index in [0.717, 1.165) is 12.8 Å². The number of benzene rings is 2. The van der Waals surface area contributed by atoms with Crippen LogP contribution in [0.25, 0.3) is 0 Å². The second-order valence-electron chi connectivity index (χ2n) is 5.47. The maximum absolute atomic E-state index is 3.66. The topological polar surface area (TPSA) is 12.0 Å². The van der Waals surface area contributed by atoms with Gasteiger partial charge in [-0.25, -0.2) is 0 Å². The predicted octanol–water partition coefficient (Wildman–Crippen LogP) is 4.22. The molecule has 1 heteroatoms. The molecule has 0 saturated carbocycles. The van der Waals surface area contributed by atoms with Gasteiger partial charge in [0.15, 0.2) is 0 Å². The molecule has 0 aromatic heterocycles. The maximum Gasteiger partial charge on any atom is 0.0342 e. The molecule has 2 aromatic rings. The van der Waals surface area contributed by atoms with Gasteiger partial charge in [0.2, 0.25) is 0 Å². The Bertz CT molecular complexity index is 517. The van der Waals surface area contributed by atoms with E-state index in [9.17, 15) is 0 Å². The minimum atomic E-state index is 0.550. The molecule has 0 amide bonds. The summed E-state index contributed by atoms with van der Waals surface area (Å²) in [4.78, 5) is 0. The molecule has 0 saturated heterocycles. The zero-order chi connectivity index (χ0) is 13.1. The SMILES string of the molecule is CCCc1ccc(NC2Cc3ccccc3C2)cc1. The highest BCUT2D eigenvalue weighted by molar-refractivity contribution is 5.47. The van der Waals surface area contributed by atoms with E-state index in [1.807, 2.05) is 0 Å². The third-order valence-corrected chi connectivity index (χ3v) is 3.91. The molecule has 3 rings (SSSR count). The summed E-state index contributed by atoms with van der Waals surface area (Å²) < 4.78 is 0. The summed E-state index contributed by atoms with van der Waals surface area (Å²) in [7, 11) is 0. The Morgan fingerprint density at radius 2 is 1.58 bits per heavy atom. The lowest BCUT2D eigenvalue weighted by Gasteiger charge is -2.14. The first-order valence-electron chi connectivity index (χ1n) is 7.27. The zero-order valence-electron chi connectivity index (χ0n) is 11.5. The minimum absolute atomic E-state index is 0.550.